The second-order valence-corrected chi connectivity index (χ2v) is 10.8. The molecule has 3 aromatic rings. The van der Waals surface area contributed by atoms with Gasteiger partial charge in [-0.15, -0.1) is 0 Å². The molecule has 41 heavy (non-hydrogen) atoms. The molecular formula is C32H40ClN3O5. The van der Waals surface area contributed by atoms with Gasteiger partial charge < -0.3 is 29.2 Å². The predicted octanol–water partition coefficient (Wildman–Crippen LogP) is 6.47. The summed E-state index contributed by atoms with van der Waals surface area (Å²) >= 11 is 6.30. The smallest absolute Gasteiger partial charge is 0.238 e. The van der Waals surface area contributed by atoms with Gasteiger partial charge in [-0.1, -0.05) is 42.6 Å². The van der Waals surface area contributed by atoms with Crippen LogP contribution in [0.1, 0.15) is 31.2 Å². The van der Waals surface area contributed by atoms with E-state index in [0.717, 1.165) is 44.3 Å². The zero-order valence-corrected chi connectivity index (χ0v) is 24.9. The number of likely N-dealkylation sites (N-methyl/N-ethyl adjacent to an activating group) is 1. The number of ether oxygens (including phenoxy) is 4. The van der Waals surface area contributed by atoms with E-state index in [0.29, 0.717) is 59.2 Å². The molecular weight excluding hydrogens is 542 g/mol. The number of nitrogens with zero attached hydrogens (tertiary/aromatic N) is 2. The minimum absolute atomic E-state index is 0.149. The quantitative estimate of drug-likeness (QED) is 0.342. The molecule has 4 rings (SSSR count). The van der Waals surface area contributed by atoms with Crippen LogP contribution >= 0.6 is 11.6 Å². The first-order valence-electron chi connectivity index (χ1n) is 14.1. The van der Waals surface area contributed by atoms with Crippen molar-refractivity contribution in [2.75, 3.05) is 59.4 Å². The predicted molar refractivity (Wildman–Crippen MR) is 163 cm³/mol. The van der Waals surface area contributed by atoms with Gasteiger partial charge in [-0.3, -0.25) is 9.69 Å². The maximum Gasteiger partial charge on any atom is 0.238 e. The van der Waals surface area contributed by atoms with Crippen molar-refractivity contribution in [1.29, 1.82) is 0 Å². The van der Waals surface area contributed by atoms with Crippen molar-refractivity contribution in [3.05, 3.63) is 71.2 Å². The van der Waals surface area contributed by atoms with Gasteiger partial charge in [0.1, 0.15) is 6.61 Å². The molecule has 0 unspecified atom stereocenters. The van der Waals surface area contributed by atoms with E-state index in [-0.39, 0.29) is 12.5 Å². The zero-order valence-electron chi connectivity index (χ0n) is 24.2. The molecule has 9 heteroatoms. The summed E-state index contributed by atoms with van der Waals surface area (Å²) < 4.78 is 23.8. The van der Waals surface area contributed by atoms with Crippen LogP contribution < -0.4 is 24.3 Å². The van der Waals surface area contributed by atoms with Crippen molar-refractivity contribution in [1.82, 2.24) is 9.80 Å². The van der Waals surface area contributed by atoms with Gasteiger partial charge in [-0.2, -0.15) is 0 Å². The normalized spacial score (nSPS) is 15.2. The fourth-order valence-corrected chi connectivity index (χ4v) is 4.74. The summed E-state index contributed by atoms with van der Waals surface area (Å²) in [5, 5.41) is 3.52. The van der Waals surface area contributed by atoms with Gasteiger partial charge in [-0.05, 0) is 81.5 Å². The summed E-state index contributed by atoms with van der Waals surface area (Å²) in [7, 11) is 5.66. The Morgan fingerprint density at radius 2 is 1.76 bits per heavy atom. The molecule has 0 saturated heterocycles. The van der Waals surface area contributed by atoms with Crippen LogP contribution in [0.15, 0.2) is 60.7 Å². The van der Waals surface area contributed by atoms with E-state index in [1.807, 2.05) is 56.6 Å². The number of amides is 1. The van der Waals surface area contributed by atoms with Crippen LogP contribution in [-0.4, -0.2) is 69.8 Å². The number of rotatable bonds is 7. The van der Waals surface area contributed by atoms with Crippen molar-refractivity contribution in [2.24, 2.45) is 0 Å². The number of carbonyl (C=O) groups excluding carboxylic acids is 1. The minimum atomic E-state index is -0.149. The second kappa shape index (κ2) is 15.5. The average molecular weight is 582 g/mol. The van der Waals surface area contributed by atoms with E-state index in [2.05, 4.69) is 15.1 Å². The molecule has 0 radical (unpaired) electrons. The fraction of sp³-hybridized carbons (Fsp3) is 0.406. The Balaban J connectivity index is 1.51. The molecule has 0 aromatic heterocycles. The van der Waals surface area contributed by atoms with Crippen LogP contribution in [0.5, 0.6) is 28.7 Å². The van der Waals surface area contributed by atoms with Crippen molar-refractivity contribution in [2.45, 2.75) is 32.2 Å². The van der Waals surface area contributed by atoms with E-state index in [1.165, 1.54) is 0 Å². The first-order chi connectivity index (χ1) is 19.9. The third-order valence-electron chi connectivity index (χ3n) is 6.71. The highest BCUT2D eigenvalue weighted by molar-refractivity contribution is 6.31. The lowest BCUT2D eigenvalue weighted by molar-refractivity contribution is -0.117. The summed E-state index contributed by atoms with van der Waals surface area (Å²) in [6, 6.07) is 18.7. The molecule has 0 bridgehead atoms. The largest absolute Gasteiger partial charge is 0.493 e. The number of para-hydroxylation sites is 2. The monoisotopic (exact) mass is 581 g/mol. The molecule has 1 aliphatic heterocycles. The standard InChI is InChI=1S/C32H40ClN3O5/c1-35(2)17-19-40-29-14-12-24(20-31(29)38-3)22-36-16-8-4-5-9-18-39-28-10-6-7-11-30(28)41-27-15-13-25(33)21-26(27)34-32(37)23-36/h6-7,10-15,20-21H,4-5,8-9,16-19,22-23H2,1-3H3,(H,34,37). The SMILES string of the molecule is COc1cc(CN2CCCCCCOc3ccccc3Oc3ccc(Cl)cc3NC(=O)C2)ccc1OCCN(C)C. The number of anilines is 1. The number of fused-ring (bicyclic) bond motifs is 2. The van der Waals surface area contributed by atoms with Gasteiger partial charge in [0.25, 0.3) is 0 Å². The highest BCUT2D eigenvalue weighted by atomic mass is 35.5. The Morgan fingerprint density at radius 1 is 0.951 bits per heavy atom. The average Bonchev–Trinajstić information content (AvgIpc) is 2.94. The number of nitrogens with one attached hydrogen (secondary N) is 1. The van der Waals surface area contributed by atoms with Crippen molar-refractivity contribution in [3.8, 4) is 28.7 Å². The number of methoxy groups -OCH3 is 1. The number of halogens is 1. The van der Waals surface area contributed by atoms with Crippen molar-refractivity contribution >= 4 is 23.2 Å². The van der Waals surface area contributed by atoms with Crippen LogP contribution in [0.25, 0.3) is 0 Å². The van der Waals surface area contributed by atoms with Crippen LogP contribution in [0.3, 0.4) is 0 Å². The highest BCUT2D eigenvalue weighted by Gasteiger charge is 2.17. The number of hydrogen-bond acceptors (Lipinski definition) is 7. The lowest BCUT2D eigenvalue weighted by Crippen LogP contribution is -2.33. The van der Waals surface area contributed by atoms with E-state index in [9.17, 15) is 4.79 Å². The Hall–Kier alpha value is -3.46. The lowest BCUT2D eigenvalue weighted by Gasteiger charge is -2.23. The van der Waals surface area contributed by atoms with Crippen molar-refractivity contribution in [3.63, 3.8) is 0 Å². The van der Waals surface area contributed by atoms with Crippen LogP contribution in [0.2, 0.25) is 5.02 Å². The lowest BCUT2D eigenvalue weighted by atomic mass is 10.1. The molecule has 0 spiro atoms. The van der Waals surface area contributed by atoms with E-state index in [1.54, 1.807) is 25.3 Å². The second-order valence-electron chi connectivity index (χ2n) is 10.3. The van der Waals surface area contributed by atoms with Gasteiger partial charge >= 0.3 is 0 Å². The zero-order chi connectivity index (χ0) is 29.0. The molecule has 1 heterocycles. The van der Waals surface area contributed by atoms with Gasteiger partial charge in [-0.25, -0.2) is 0 Å². The maximum absolute atomic E-state index is 13.3. The number of benzene rings is 3. The van der Waals surface area contributed by atoms with E-state index < -0.39 is 0 Å². The molecule has 0 saturated carbocycles. The molecule has 3 aromatic carbocycles. The van der Waals surface area contributed by atoms with Gasteiger partial charge in [0.15, 0.2) is 28.7 Å². The highest BCUT2D eigenvalue weighted by Crippen LogP contribution is 2.37. The van der Waals surface area contributed by atoms with Crippen LogP contribution in [-0.2, 0) is 11.3 Å². The van der Waals surface area contributed by atoms with Crippen molar-refractivity contribution < 1.29 is 23.7 Å². The Labute approximate surface area is 248 Å². The molecule has 1 aliphatic rings. The molecule has 1 N–H and O–H groups in total. The van der Waals surface area contributed by atoms with E-state index in [4.69, 9.17) is 30.5 Å². The molecule has 1 amide bonds. The first-order valence-corrected chi connectivity index (χ1v) is 14.4. The number of hydrogen-bond donors (Lipinski definition) is 1. The third kappa shape index (κ3) is 9.56. The minimum Gasteiger partial charge on any atom is -0.493 e. The summed E-state index contributed by atoms with van der Waals surface area (Å²) in [6.07, 6.45) is 3.99. The topological polar surface area (TPSA) is 72.5 Å². The summed E-state index contributed by atoms with van der Waals surface area (Å²) in [6.45, 7) is 3.58. The van der Waals surface area contributed by atoms with Crippen LogP contribution in [0.4, 0.5) is 5.69 Å². The van der Waals surface area contributed by atoms with Gasteiger partial charge in [0.05, 0.1) is 25.9 Å². The molecule has 0 fully saturated rings. The maximum atomic E-state index is 13.3. The van der Waals surface area contributed by atoms with Gasteiger partial charge in [0, 0.05) is 18.1 Å². The summed E-state index contributed by atoms with van der Waals surface area (Å²) in [5.74, 6) is 2.99. The summed E-state index contributed by atoms with van der Waals surface area (Å²) in [4.78, 5) is 17.5. The molecule has 8 nitrogen and oxygen atoms in total. The number of carbonyl (C=O) groups is 1. The summed E-state index contributed by atoms with van der Waals surface area (Å²) in [5.41, 5.74) is 1.55. The molecule has 220 valence electrons. The Morgan fingerprint density at radius 3 is 2.56 bits per heavy atom. The van der Waals surface area contributed by atoms with E-state index >= 15 is 0 Å². The third-order valence-corrected chi connectivity index (χ3v) is 6.94. The van der Waals surface area contributed by atoms with Gasteiger partial charge in [0.2, 0.25) is 5.91 Å². The molecule has 0 aliphatic carbocycles. The Kier molecular flexibility index (Phi) is 11.5. The Bertz CT molecular complexity index is 1290. The first kappa shape index (κ1) is 30.5. The van der Waals surface area contributed by atoms with Crippen LogP contribution in [0, 0.1) is 0 Å². The fourth-order valence-electron chi connectivity index (χ4n) is 4.57. The molecule has 0 atom stereocenters.